The van der Waals surface area contributed by atoms with E-state index in [1.165, 1.54) is 6.92 Å². The van der Waals surface area contributed by atoms with Crippen LogP contribution in [-0.4, -0.2) is 25.3 Å². The molecule has 20 heavy (non-hydrogen) atoms. The number of hydrazone groups is 1. The van der Waals surface area contributed by atoms with Crippen molar-refractivity contribution in [3.8, 4) is 11.5 Å². The van der Waals surface area contributed by atoms with E-state index in [-0.39, 0.29) is 5.91 Å². The molecule has 0 fully saturated rings. The summed E-state index contributed by atoms with van der Waals surface area (Å²) in [4.78, 5) is 10.7. The van der Waals surface area contributed by atoms with Gasteiger partial charge in [0.25, 0.3) is 0 Å². The Morgan fingerprint density at radius 3 is 2.75 bits per heavy atom. The Hall–Kier alpha value is -2.04. The Morgan fingerprint density at radius 1 is 1.30 bits per heavy atom. The van der Waals surface area contributed by atoms with Crippen molar-refractivity contribution in [2.24, 2.45) is 5.10 Å². The highest BCUT2D eigenvalue weighted by atomic mass is 16.5. The van der Waals surface area contributed by atoms with Crippen LogP contribution in [0.4, 0.5) is 0 Å². The van der Waals surface area contributed by atoms with E-state index < -0.39 is 0 Å². The first-order chi connectivity index (χ1) is 9.67. The second kappa shape index (κ2) is 8.96. The minimum Gasteiger partial charge on any atom is -0.490 e. The van der Waals surface area contributed by atoms with Gasteiger partial charge in [0, 0.05) is 6.92 Å². The van der Waals surface area contributed by atoms with Crippen molar-refractivity contribution >= 4 is 12.1 Å². The Kier molecular flexibility index (Phi) is 7.17. The second-order valence-corrected chi connectivity index (χ2v) is 4.27. The molecule has 0 unspecified atom stereocenters. The second-order valence-electron chi connectivity index (χ2n) is 4.27. The first kappa shape index (κ1) is 16.0. The SMILES string of the molecule is CCCCOc1ccc(/C=N\NC(C)=O)cc1OCC. The number of unbranched alkanes of at least 4 members (excludes halogenated alkanes) is 1. The molecule has 1 amide bonds. The smallest absolute Gasteiger partial charge is 0.236 e. The van der Waals surface area contributed by atoms with Gasteiger partial charge in [-0.15, -0.1) is 0 Å². The number of carbonyl (C=O) groups is 1. The average molecular weight is 278 g/mol. The summed E-state index contributed by atoms with van der Waals surface area (Å²) in [6.45, 7) is 6.70. The molecule has 0 saturated heterocycles. The minimum atomic E-state index is -0.203. The minimum absolute atomic E-state index is 0.203. The Balaban J connectivity index is 2.77. The lowest BCUT2D eigenvalue weighted by Gasteiger charge is -2.12. The molecule has 5 nitrogen and oxygen atoms in total. The number of ether oxygens (including phenoxy) is 2. The van der Waals surface area contributed by atoms with Gasteiger partial charge in [0.05, 0.1) is 19.4 Å². The molecule has 0 radical (unpaired) electrons. The van der Waals surface area contributed by atoms with Gasteiger partial charge in [-0.05, 0) is 37.1 Å². The van der Waals surface area contributed by atoms with Crippen LogP contribution < -0.4 is 14.9 Å². The molecule has 110 valence electrons. The van der Waals surface area contributed by atoms with Crippen LogP contribution in [-0.2, 0) is 4.79 Å². The highest BCUT2D eigenvalue weighted by Gasteiger charge is 2.05. The number of hydrogen-bond donors (Lipinski definition) is 1. The van der Waals surface area contributed by atoms with Crippen LogP contribution in [0.1, 0.15) is 39.2 Å². The average Bonchev–Trinajstić information content (AvgIpc) is 2.41. The summed E-state index contributed by atoms with van der Waals surface area (Å²) in [6.07, 6.45) is 3.67. The van der Waals surface area contributed by atoms with E-state index in [0.717, 1.165) is 24.2 Å². The molecule has 5 heteroatoms. The molecule has 0 aliphatic heterocycles. The zero-order valence-electron chi connectivity index (χ0n) is 12.3. The summed E-state index contributed by atoms with van der Waals surface area (Å²) >= 11 is 0. The summed E-state index contributed by atoms with van der Waals surface area (Å²) in [7, 11) is 0. The van der Waals surface area contributed by atoms with E-state index in [4.69, 9.17) is 9.47 Å². The maximum Gasteiger partial charge on any atom is 0.236 e. The van der Waals surface area contributed by atoms with Crippen LogP contribution in [0.5, 0.6) is 11.5 Å². The Morgan fingerprint density at radius 2 is 2.10 bits per heavy atom. The zero-order valence-corrected chi connectivity index (χ0v) is 12.3. The normalized spacial score (nSPS) is 10.6. The van der Waals surface area contributed by atoms with Gasteiger partial charge >= 0.3 is 0 Å². The third-order valence-corrected chi connectivity index (χ3v) is 2.46. The molecule has 0 aromatic heterocycles. The van der Waals surface area contributed by atoms with Gasteiger partial charge in [-0.25, -0.2) is 5.43 Å². The fourth-order valence-electron chi connectivity index (χ4n) is 1.52. The van der Waals surface area contributed by atoms with Crippen LogP contribution in [0.2, 0.25) is 0 Å². The van der Waals surface area contributed by atoms with E-state index in [1.807, 2.05) is 25.1 Å². The van der Waals surface area contributed by atoms with Crippen LogP contribution in [0.3, 0.4) is 0 Å². The fraction of sp³-hybridized carbons (Fsp3) is 0.467. The molecule has 1 rings (SSSR count). The molecule has 0 saturated carbocycles. The Bertz CT molecular complexity index is 458. The summed E-state index contributed by atoms with van der Waals surface area (Å²) in [5, 5.41) is 3.83. The standard InChI is InChI=1S/C15H22N2O3/c1-4-6-9-20-14-8-7-13(10-15(14)19-5-2)11-16-17-12(3)18/h7-8,10-11H,4-6,9H2,1-3H3,(H,17,18)/b16-11-. The van der Waals surface area contributed by atoms with Crippen LogP contribution in [0.15, 0.2) is 23.3 Å². The lowest BCUT2D eigenvalue weighted by atomic mass is 10.2. The van der Waals surface area contributed by atoms with Crippen molar-refractivity contribution in [2.75, 3.05) is 13.2 Å². The maximum absolute atomic E-state index is 10.7. The molecule has 0 bridgehead atoms. The first-order valence-electron chi connectivity index (χ1n) is 6.86. The highest BCUT2D eigenvalue weighted by molar-refractivity contribution is 5.82. The van der Waals surface area contributed by atoms with Gasteiger partial charge in [0.2, 0.25) is 5.91 Å². The first-order valence-corrected chi connectivity index (χ1v) is 6.86. The van der Waals surface area contributed by atoms with Crippen LogP contribution in [0.25, 0.3) is 0 Å². The molecule has 0 heterocycles. The van der Waals surface area contributed by atoms with Crippen molar-refractivity contribution in [2.45, 2.75) is 33.6 Å². The summed E-state index contributed by atoms with van der Waals surface area (Å²) in [5.74, 6) is 1.22. The molecule has 0 atom stereocenters. The van der Waals surface area contributed by atoms with E-state index in [1.54, 1.807) is 6.21 Å². The summed E-state index contributed by atoms with van der Waals surface area (Å²) in [6, 6.07) is 5.57. The number of hydrogen-bond acceptors (Lipinski definition) is 4. The number of carbonyl (C=O) groups excluding carboxylic acids is 1. The molecular weight excluding hydrogens is 256 g/mol. The van der Waals surface area contributed by atoms with Crippen molar-refractivity contribution in [3.63, 3.8) is 0 Å². The lowest BCUT2D eigenvalue weighted by Crippen LogP contribution is -2.12. The van der Waals surface area contributed by atoms with Crippen molar-refractivity contribution < 1.29 is 14.3 Å². The van der Waals surface area contributed by atoms with Gasteiger partial charge in [-0.1, -0.05) is 13.3 Å². The predicted molar refractivity (Wildman–Crippen MR) is 79.4 cm³/mol. The highest BCUT2D eigenvalue weighted by Crippen LogP contribution is 2.28. The molecule has 1 aromatic carbocycles. The van der Waals surface area contributed by atoms with Gasteiger partial charge in [0.1, 0.15) is 0 Å². The number of nitrogens with zero attached hydrogens (tertiary/aromatic N) is 1. The van der Waals surface area contributed by atoms with Crippen molar-refractivity contribution in [3.05, 3.63) is 23.8 Å². The number of amides is 1. The maximum atomic E-state index is 10.7. The van der Waals surface area contributed by atoms with Gasteiger partial charge in [0.15, 0.2) is 11.5 Å². The third-order valence-electron chi connectivity index (χ3n) is 2.46. The van der Waals surface area contributed by atoms with Crippen molar-refractivity contribution in [1.82, 2.24) is 5.43 Å². The van der Waals surface area contributed by atoms with E-state index in [9.17, 15) is 4.79 Å². The monoisotopic (exact) mass is 278 g/mol. The molecule has 0 spiro atoms. The van der Waals surface area contributed by atoms with Crippen molar-refractivity contribution in [1.29, 1.82) is 0 Å². The molecule has 0 aliphatic carbocycles. The van der Waals surface area contributed by atoms with E-state index >= 15 is 0 Å². The molecule has 1 N–H and O–H groups in total. The summed E-state index contributed by atoms with van der Waals surface area (Å²) in [5.41, 5.74) is 3.20. The topological polar surface area (TPSA) is 59.9 Å². The van der Waals surface area contributed by atoms with Gasteiger partial charge in [-0.3, -0.25) is 4.79 Å². The predicted octanol–water partition coefficient (Wildman–Crippen LogP) is 2.73. The molecular formula is C15H22N2O3. The quantitative estimate of drug-likeness (QED) is 0.452. The number of benzene rings is 1. The van der Waals surface area contributed by atoms with Crippen LogP contribution in [0, 0.1) is 0 Å². The van der Waals surface area contributed by atoms with Gasteiger partial charge < -0.3 is 9.47 Å². The molecule has 1 aromatic rings. The Labute approximate surface area is 120 Å². The lowest BCUT2D eigenvalue weighted by molar-refractivity contribution is -0.118. The molecule has 0 aliphatic rings. The largest absolute Gasteiger partial charge is 0.490 e. The zero-order chi connectivity index (χ0) is 14.8. The summed E-state index contributed by atoms with van der Waals surface area (Å²) < 4.78 is 11.3. The number of nitrogens with one attached hydrogen (secondary N) is 1. The third kappa shape index (κ3) is 5.73. The fourth-order valence-corrected chi connectivity index (χ4v) is 1.52. The number of rotatable bonds is 8. The van der Waals surface area contributed by atoms with E-state index in [0.29, 0.717) is 19.0 Å². The van der Waals surface area contributed by atoms with Gasteiger partial charge in [-0.2, -0.15) is 5.10 Å². The van der Waals surface area contributed by atoms with Crippen LogP contribution >= 0.6 is 0 Å². The van der Waals surface area contributed by atoms with E-state index in [2.05, 4.69) is 17.5 Å².